The number of carbonyl (C=O) groups excluding carboxylic acids is 2. The molecule has 0 unspecified atom stereocenters. The molecule has 1 amide bonds. The number of amides is 1. The minimum Gasteiger partial charge on any atom is -0.462 e. The van der Waals surface area contributed by atoms with E-state index >= 15 is 0 Å². The van der Waals surface area contributed by atoms with Crippen LogP contribution in [0.1, 0.15) is 28.5 Å². The number of carbonyl (C=O) groups is 2. The van der Waals surface area contributed by atoms with E-state index in [4.69, 9.17) is 27.9 Å². The summed E-state index contributed by atoms with van der Waals surface area (Å²) >= 11 is 19.0. The van der Waals surface area contributed by atoms with E-state index in [0.29, 0.717) is 37.3 Å². The Morgan fingerprint density at radius 3 is 2.72 bits per heavy atom. The molecule has 32 heavy (non-hydrogen) atoms. The molecule has 0 aliphatic rings. The number of benzene rings is 1. The van der Waals surface area contributed by atoms with Crippen molar-refractivity contribution in [1.29, 1.82) is 0 Å². The zero-order valence-electron chi connectivity index (χ0n) is 16.8. The van der Waals surface area contributed by atoms with Crippen LogP contribution in [0.25, 0.3) is 11.9 Å². The summed E-state index contributed by atoms with van der Waals surface area (Å²) in [6.45, 7) is 3.73. The van der Waals surface area contributed by atoms with Crippen LogP contribution in [-0.2, 0) is 9.53 Å². The highest BCUT2D eigenvalue weighted by Crippen LogP contribution is 2.30. The number of halogens is 4. The second kappa shape index (κ2) is 10.6. The number of anilines is 1. The van der Waals surface area contributed by atoms with Crippen LogP contribution in [-0.4, -0.2) is 33.2 Å². The van der Waals surface area contributed by atoms with Gasteiger partial charge in [0.15, 0.2) is 5.82 Å². The summed E-state index contributed by atoms with van der Waals surface area (Å²) in [5, 5.41) is 7.94. The number of rotatable bonds is 6. The van der Waals surface area contributed by atoms with Gasteiger partial charge in [0.1, 0.15) is 14.8 Å². The van der Waals surface area contributed by atoms with Crippen LogP contribution in [0.2, 0.25) is 10.0 Å². The highest BCUT2D eigenvalue weighted by molar-refractivity contribution is 9.12. The fourth-order valence-electron chi connectivity index (χ4n) is 2.84. The molecular formula is C21H16Br2Cl2N4O3. The van der Waals surface area contributed by atoms with Gasteiger partial charge in [-0.25, -0.2) is 14.5 Å². The molecule has 0 radical (unpaired) electrons. The predicted octanol–water partition coefficient (Wildman–Crippen LogP) is 6.20. The number of hydrogen-bond acceptors (Lipinski definition) is 5. The normalized spacial score (nSPS) is 11.4. The molecule has 7 nitrogen and oxygen atoms in total. The van der Waals surface area contributed by atoms with E-state index in [2.05, 4.69) is 47.3 Å². The number of aryl methyl sites for hydroxylation is 1. The van der Waals surface area contributed by atoms with Gasteiger partial charge in [-0.2, -0.15) is 5.10 Å². The van der Waals surface area contributed by atoms with Crippen LogP contribution in [0.15, 0.2) is 45.6 Å². The lowest BCUT2D eigenvalue weighted by molar-refractivity contribution is -0.137. The van der Waals surface area contributed by atoms with Crippen molar-refractivity contribution < 1.29 is 14.3 Å². The van der Waals surface area contributed by atoms with Crippen LogP contribution in [0.3, 0.4) is 0 Å². The Morgan fingerprint density at radius 1 is 1.28 bits per heavy atom. The number of hydrogen-bond donors (Lipinski definition) is 1. The van der Waals surface area contributed by atoms with Gasteiger partial charge in [0.05, 0.1) is 17.3 Å². The van der Waals surface area contributed by atoms with E-state index in [0.717, 1.165) is 0 Å². The van der Waals surface area contributed by atoms with E-state index in [9.17, 15) is 9.59 Å². The fraction of sp³-hybridized carbons (Fsp3) is 0.143. The zero-order valence-corrected chi connectivity index (χ0v) is 21.5. The second-order valence-corrected chi connectivity index (χ2v) is 8.94. The lowest BCUT2D eigenvalue weighted by atomic mass is 10.1. The maximum Gasteiger partial charge on any atom is 0.345 e. The van der Waals surface area contributed by atoms with E-state index in [1.54, 1.807) is 50.4 Å². The summed E-state index contributed by atoms with van der Waals surface area (Å²) in [4.78, 5) is 29.5. The van der Waals surface area contributed by atoms with Crippen molar-refractivity contribution in [3.63, 3.8) is 0 Å². The lowest BCUT2D eigenvalue weighted by Crippen LogP contribution is -2.19. The summed E-state index contributed by atoms with van der Waals surface area (Å²) in [6.07, 6.45) is 3.09. The van der Waals surface area contributed by atoms with Gasteiger partial charge in [-0.1, -0.05) is 23.2 Å². The molecule has 3 rings (SSSR count). The minimum absolute atomic E-state index is 0.185. The summed E-state index contributed by atoms with van der Waals surface area (Å²) in [6, 6.07) is 8.22. The van der Waals surface area contributed by atoms with Crippen LogP contribution >= 0.6 is 55.1 Å². The van der Waals surface area contributed by atoms with Gasteiger partial charge < -0.3 is 10.1 Å². The molecule has 0 fully saturated rings. The highest BCUT2D eigenvalue weighted by Gasteiger charge is 2.21. The highest BCUT2D eigenvalue weighted by atomic mass is 79.9. The van der Waals surface area contributed by atoms with Crippen molar-refractivity contribution >= 4 is 78.7 Å². The lowest BCUT2D eigenvalue weighted by Gasteiger charge is -2.14. The Labute approximate surface area is 211 Å². The monoisotopic (exact) mass is 600 g/mol. The van der Waals surface area contributed by atoms with Crippen LogP contribution < -0.4 is 5.32 Å². The van der Waals surface area contributed by atoms with Crippen molar-refractivity contribution in [2.45, 2.75) is 13.8 Å². The number of aromatic nitrogens is 3. The largest absolute Gasteiger partial charge is 0.462 e. The molecule has 2 aromatic heterocycles. The third kappa shape index (κ3) is 5.58. The molecule has 166 valence electrons. The standard InChI is InChI=1S/C21H16Br2Cl2N4O3/c1-3-32-21(31)14(22)9-12-8-13(24)7-11(2)18(12)27-20(30)16-10-17(23)28-29(16)19-15(25)5-4-6-26-19/h4-10H,3H2,1-2H3,(H,27,30)/b14-9-. The van der Waals surface area contributed by atoms with E-state index in [1.165, 1.54) is 10.8 Å². The van der Waals surface area contributed by atoms with Crippen molar-refractivity contribution in [2.24, 2.45) is 0 Å². The van der Waals surface area contributed by atoms with Gasteiger partial charge in [-0.15, -0.1) is 0 Å². The SMILES string of the molecule is CCOC(=O)/C(Br)=C/c1cc(Cl)cc(C)c1NC(=O)c1cc(Br)nn1-c1ncccc1Cl. The summed E-state index contributed by atoms with van der Waals surface area (Å²) in [5.74, 6) is -0.686. The van der Waals surface area contributed by atoms with Crippen molar-refractivity contribution in [3.05, 3.63) is 72.5 Å². The first-order chi connectivity index (χ1) is 15.2. The first kappa shape index (κ1) is 24.4. The van der Waals surface area contributed by atoms with Crippen molar-refractivity contribution in [3.8, 4) is 5.82 Å². The van der Waals surface area contributed by atoms with Gasteiger partial charge in [0.25, 0.3) is 5.91 Å². The van der Waals surface area contributed by atoms with Crippen LogP contribution in [0, 0.1) is 6.92 Å². The number of esters is 1. The topological polar surface area (TPSA) is 86.1 Å². The summed E-state index contributed by atoms with van der Waals surface area (Å²) in [7, 11) is 0. The van der Waals surface area contributed by atoms with Crippen LogP contribution in [0.5, 0.6) is 0 Å². The average molecular weight is 603 g/mol. The maximum absolute atomic E-state index is 13.2. The first-order valence-electron chi connectivity index (χ1n) is 9.23. The third-order valence-corrected chi connectivity index (χ3v) is 5.63. The number of nitrogens with zero attached hydrogens (tertiary/aromatic N) is 3. The smallest absolute Gasteiger partial charge is 0.345 e. The minimum atomic E-state index is -0.533. The van der Waals surface area contributed by atoms with E-state index < -0.39 is 11.9 Å². The molecule has 1 N–H and O–H groups in total. The Bertz CT molecular complexity index is 1230. The molecule has 3 aromatic rings. The van der Waals surface area contributed by atoms with Gasteiger partial charge >= 0.3 is 5.97 Å². The van der Waals surface area contributed by atoms with Crippen molar-refractivity contribution in [1.82, 2.24) is 14.8 Å². The quantitative estimate of drug-likeness (QED) is 0.268. The average Bonchev–Trinajstić information content (AvgIpc) is 3.12. The molecule has 11 heteroatoms. The molecule has 0 saturated carbocycles. The number of nitrogens with one attached hydrogen (secondary N) is 1. The number of ether oxygens (including phenoxy) is 1. The van der Waals surface area contributed by atoms with Gasteiger partial charge in [-0.05, 0) is 81.6 Å². The van der Waals surface area contributed by atoms with Gasteiger partial charge in [0.2, 0.25) is 0 Å². The number of pyridine rings is 1. The van der Waals surface area contributed by atoms with Crippen molar-refractivity contribution in [2.75, 3.05) is 11.9 Å². The Hall–Kier alpha value is -2.20. The van der Waals surface area contributed by atoms with Crippen LogP contribution in [0.4, 0.5) is 5.69 Å². The molecule has 0 atom stereocenters. The van der Waals surface area contributed by atoms with Gasteiger partial charge in [0, 0.05) is 22.8 Å². The third-order valence-electron chi connectivity index (χ3n) is 4.17. The summed E-state index contributed by atoms with van der Waals surface area (Å²) in [5.41, 5.74) is 1.88. The maximum atomic E-state index is 13.2. The Morgan fingerprint density at radius 2 is 2.03 bits per heavy atom. The Balaban J connectivity index is 2.02. The first-order valence-corrected chi connectivity index (χ1v) is 11.6. The predicted molar refractivity (Wildman–Crippen MR) is 132 cm³/mol. The molecule has 0 aliphatic heterocycles. The van der Waals surface area contributed by atoms with E-state index in [-0.39, 0.29) is 16.8 Å². The molecule has 1 aromatic carbocycles. The second-order valence-electron chi connectivity index (χ2n) is 6.43. The van der Waals surface area contributed by atoms with E-state index in [1.807, 2.05) is 0 Å². The molecule has 0 aliphatic carbocycles. The Kier molecular flexibility index (Phi) is 8.10. The summed E-state index contributed by atoms with van der Waals surface area (Å²) < 4.78 is 6.96. The molecular weight excluding hydrogens is 587 g/mol. The molecule has 2 heterocycles. The molecule has 0 spiro atoms. The zero-order chi connectivity index (χ0) is 23.4. The van der Waals surface area contributed by atoms with Gasteiger partial charge in [-0.3, -0.25) is 4.79 Å². The fourth-order valence-corrected chi connectivity index (χ4v) is 4.05. The molecule has 0 saturated heterocycles. The molecule has 0 bridgehead atoms.